The normalized spacial score (nSPS) is 22.3. The molecule has 0 aromatic heterocycles. The van der Waals surface area contributed by atoms with Crippen molar-refractivity contribution in [2.45, 2.75) is 319 Å². The van der Waals surface area contributed by atoms with Gasteiger partial charge in [0.05, 0.1) is 31.3 Å². The van der Waals surface area contributed by atoms with E-state index in [1.807, 2.05) is 0 Å². The largest absolute Gasteiger partial charge is 0.472 e. The summed E-state index contributed by atoms with van der Waals surface area (Å²) in [6, 6.07) is -1.15. The van der Waals surface area contributed by atoms with Crippen molar-refractivity contribution in [1.29, 1.82) is 0 Å². The Balaban J connectivity index is 2.42. The van der Waals surface area contributed by atoms with Gasteiger partial charge in [0.25, 0.3) is 0 Å². The summed E-state index contributed by atoms with van der Waals surface area (Å²) in [7, 11) is -5.12. The molecule has 0 saturated heterocycles. The number of hydrogen-bond donors (Lipinski definition) is 9. The van der Waals surface area contributed by atoms with Crippen LogP contribution in [0.2, 0.25) is 0 Å². The molecule has 0 spiro atoms. The molecule has 66 heavy (non-hydrogen) atoms. The summed E-state index contributed by atoms with van der Waals surface area (Å²) in [5, 5.41) is 75.0. The van der Waals surface area contributed by atoms with Gasteiger partial charge in [0.15, 0.2) is 0 Å². The summed E-state index contributed by atoms with van der Waals surface area (Å²) in [5.74, 6) is -0.554. The number of aliphatic hydroxyl groups is 7. The summed E-state index contributed by atoms with van der Waals surface area (Å²) in [6.45, 7) is 3.84. The van der Waals surface area contributed by atoms with Gasteiger partial charge in [0, 0.05) is 0 Å². The predicted molar refractivity (Wildman–Crippen MR) is 266 cm³/mol. The average molecular weight is 966 g/mol. The van der Waals surface area contributed by atoms with E-state index in [0.717, 1.165) is 51.4 Å². The highest BCUT2D eigenvalue weighted by atomic mass is 31.2. The molecule has 0 bridgehead atoms. The molecule has 1 amide bonds. The molecule has 0 heterocycles. The van der Waals surface area contributed by atoms with Crippen LogP contribution in [0.1, 0.15) is 264 Å². The molecule has 1 aliphatic carbocycles. The third kappa shape index (κ3) is 33.0. The standard InChI is InChI=1S/C52H104NO12P/c1-3-5-7-9-11-13-15-17-19-21-22-23-24-26-28-30-32-34-36-38-40-45(55)44(42-64-66(62,63)65-52-50(60)48(58)47(57)49(59)51(52)61)53-46(56)41-43(54)39-37-35-33-31-29-27-25-20-18-16-14-12-10-8-6-4-2/h43-45,47-52,54-55,57-61H,3-42H2,1-2H3,(H,53,56)(H,62,63). The zero-order chi connectivity index (χ0) is 48.7. The maximum atomic E-state index is 13.1. The van der Waals surface area contributed by atoms with Crippen molar-refractivity contribution in [1.82, 2.24) is 5.32 Å². The van der Waals surface area contributed by atoms with Gasteiger partial charge in [0.2, 0.25) is 5.91 Å². The minimum Gasteiger partial charge on any atom is -0.393 e. The number of amides is 1. The number of nitrogens with one attached hydrogen (secondary N) is 1. The van der Waals surface area contributed by atoms with Crippen LogP contribution in [-0.4, -0.2) is 108 Å². The van der Waals surface area contributed by atoms with Crippen molar-refractivity contribution in [2.24, 2.45) is 0 Å². The molecule has 1 fully saturated rings. The zero-order valence-corrected chi connectivity index (χ0v) is 43.0. The molecule has 14 heteroatoms. The molecule has 1 rings (SSSR count). The second-order valence-electron chi connectivity index (χ2n) is 20.0. The van der Waals surface area contributed by atoms with Gasteiger partial charge >= 0.3 is 7.82 Å². The highest BCUT2D eigenvalue weighted by molar-refractivity contribution is 7.47. The smallest absolute Gasteiger partial charge is 0.393 e. The van der Waals surface area contributed by atoms with Crippen LogP contribution in [-0.2, 0) is 18.4 Å². The number of carbonyl (C=O) groups excluding carboxylic acids is 1. The van der Waals surface area contributed by atoms with Crippen LogP contribution in [0, 0.1) is 0 Å². The Morgan fingerprint density at radius 2 is 0.758 bits per heavy atom. The summed E-state index contributed by atoms with van der Waals surface area (Å²) < 4.78 is 23.0. The van der Waals surface area contributed by atoms with Gasteiger partial charge in [-0.25, -0.2) is 4.57 Å². The van der Waals surface area contributed by atoms with E-state index in [-0.39, 0.29) is 12.8 Å². The van der Waals surface area contributed by atoms with Crippen molar-refractivity contribution < 1.29 is 59.0 Å². The van der Waals surface area contributed by atoms with E-state index in [2.05, 4.69) is 19.2 Å². The van der Waals surface area contributed by atoms with E-state index < -0.39 is 75.2 Å². The highest BCUT2D eigenvalue weighted by Gasteiger charge is 2.51. The monoisotopic (exact) mass is 966 g/mol. The lowest BCUT2D eigenvalue weighted by Crippen LogP contribution is -2.64. The molecular formula is C52H104NO12P. The van der Waals surface area contributed by atoms with Gasteiger partial charge in [-0.3, -0.25) is 13.8 Å². The Labute approximate surface area is 402 Å². The second-order valence-corrected chi connectivity index (χ2v) is 21.4. The molecule has 1 saturated carbocycles. The minimum atomic E-state index is -5.12. The zero-order valence-electron chi connectivity index (χ0n) is 42.1. The first-order valence-corrected chi connectivity index (χ1v) is 29.1. The van der Waals surface area contributed by atoms with E-state index in [9.17, 15) is 50.0 Å². The number of rotatable bonds is 47. The maximum absolute atomic E-state index is 13.1. The first kappa shape index (κ1) is 63.3. The van der Waals surface area contributed by atoms with E-state index in [1.165, 1.54) is 173 Å². The van der Waals surface area contributed by atoms with E-state index >= 15 is 0 Å². The van der Waals surface area contributed by atoms with Crippen molar-refractivity contribution in [3.05, 3.63) is 0 Å². The van der Waals surface area contributed by atoms with Gasteiger partial charge in [-0.2, -0.15) is 0 Å². The number of aliphatic hydroxyl groups excluding tert-OH is 7. The average Bonchev–Trinajstić information content (AvgIpc) is 3.29. The fourth-order valence-electron chi connectivity index (χ4n) is 9.25. The van der Waals surface area contributed by atoms with Crippen LogP contribution in [0.4, 0.5) is 0 Å². The van der Waals surface area contributed by atoms with Crippen molar-refractivity contribution in [3.8, 4) is 0 Å². The van der Waals surface area contributed by atoms with Crippen molar-refractivity contribution in [2.75, 3.05) is 6.61 Å². The molecule has 8 atom stereocenters. The fraction of sp³-hybridized carbons (Fsp3) is 0.981. The van der Waals surface area contributed by atoms with Crippen LogP contribution in [0.3, 0.4) is 0 Å². The fourth-order valence-corrected chi connectivity index (χ4v) is 10.2. The Kier molecular flexibility index (Phi) is 40.3. The lowest BCUT2D eigenvalue weighted by atomic mass is 9.85. The first-order chi connectivity index (χ1) is 31.8. The molecule has 0 aliphatic heterocycles. The summed E-state index contributed by atoms with van der Waals surface area (Å²) in [4.78, 5) is 23.6. The third-order valence-corrected chi connectivity index (χ3v) is 14.7. The molecule has 9 N–H and O–H groups in total. The first-order valence-electron chi connectivity index (χ1n) is 27.6. The quantitative estimate of drug-likeness (QED) is 0.0205. The van der Waals surface area contributed by atoms with Gasteiger partial charge < -0.3 is 46.0 Å². The minimum absolute atomic E-state index is 0.215. The Hall–Kier alpha value is -0.700. The topological polar surface area (TPSA) is 226 Å². The number of carbonyl (C=O) groups is 1. The van der Waals surface area contributed by atoms with Gasteiger partial charge in [-0.15, -0.1) is 0 Å². The molecule has 13 nitrogen and oxygen atoms in total. The molecule has 0 aromatic carbocycles. The number of phosphoric ester groups is 1. The Morgan fingerprint density at radius 3 is 1.09 bits per heavy atom. The molecule has 0 aromatic rings. The molecule has 8 unspecified atom stereocenters. The highest BCUT2D eigenvalue weighted by Crippen LogP contribution is 2.47. The number of phosphoric acid groups is 1. The number of hydrogen-bond acceptors (Lipinski definition) is 11. The molecule has 1 aliphatic rings. The third-order valence-electron chi connectivity index (χ3n) is 13.7. The van der Waals surface area contributed by atoms with E-state index in [1.54, 1.807) is 0 Å². The number of unbranched alkanes of at least 4 members (excludes halogenated alkanes) is 34. The van der Waals surface area contributed by atoms with E-state index in [0.29, 0.717) is 12.8 Å². The van der Waals surface area contributed by atoms with Crippen LogP contribution < -0.4 is 5.32 Å². The molecule has 0 radical (unpaired) electrons. The lowest BCUT2D eigenvalue weighted by molar-refractivity contribution is -0.220. The van der Waals surface area contributed by atoms with Crippen LogP contribution in [0.15, 0.2) is 0 Å². The van der Waals surface area contributed by atoms with Crippen molar-refractivity contribution in [3.63, 3.8) is 0 Å². The van der Waals surface area contributed by atoms with Crippen LogP contribution in [0.25, 0.3) is 0 Å². The SMILES string of the molecule is CCCCCCCCCCCCCCCCCCCCCCC(O)C(COP(=O)(O)OC1C(O)C(O)C(O)C(O)C1O)NC(=O)CC(O)CCCCCCCCCCCCCCCCCC. The summed E-state index contributed by atoms with van der Waals surface area (Å²) >= 11 is 0. The van der Waals surface area contributed by atoms with E-state index in [4.69, 9.17) is 9.05 Å². The molecule has 394 valence electrons. The van der Waals surface area contributed by atoms with Crippen LogP contribution in [0.5, 0.6) is 0 Å². The lowest BCUT2D eigenvalue weighted by Gasteiger charge is -2.41. The predicted octanol–water partition coefficient (Wildman–Crippen LogP) is 10.8. The van der Waals surface area contributed by atoms with Crippen LogP contribution >= 0.6 is 7.82 Å². The maximum Gasteiger partial charge on any atom is 0.472 e. The van der Waals surface area contributed by atoms with Gasteiger partial charge in [-0.1, -0.05) is 245 Å². The second kappa shape index (κ2) is 42.0. The summed E-state index contributed by atoms with van der Waals surface area (Å²) in [6.07, 6.45) is 31.4. The Morgan fingerprint density at radius 1 is 0.470 bits per heavy atom. The van der Waals surface area contributed by atoms with Gasteiger partial charge in [0.1, 0.15) is 36.6 Å². The Bertz CT molecular complexity index is 1140. The summed E-state index contributed by atoms with van der Waals surface area (Å²) in [5.41, 5.74) is 0. The molecular weight excluding hydrogens is 862 g/mol. The van der Waals surface area contributed by atoms with Crippen molar-refractivity contribution >= 4 is 13.7 Å². The van der Waals surface area contributed by atoms with Gasteiger partial charge in [-0.05, 0) is 12.8 Å².